The first-order valence-corrected chi connectivity index (χ1v) is 9.83. The molecule has 1 aromatic rings. The first-order chi connectivity index (χ1) is 11.2. The van der Waals surface area contributed by atoms with Gasteiger partial charge in [0.25, 0.3) is 0 Å². The van der Waals surface area contributed by atoms with Gasteiger partial charge in [0.1, 0.15) is 0 Å². The van der Waals surface area contributed by atoms with Gasteiger partial charge in [0, 0.05) is 23.5 Å². The lowest BCUT2D eigenvalue weighted by Crippen LogP contribution is -2.19. The van der Waals surface area contributed by atoms with Crippen LogP contribution in [0.1, 0.15) is 71.3 Å². The first kappa shape index (κ1) is 16.7. The van der Waals surface area contributed by atoms with Gasteiger partial charge < -0.3 is 10.6 Å². The highest BCUT2D eigenvalue weighted by Gasteiger charge is 2.29. The Kier molecular flexibility index (Phi) is 5.50. The smallest absolute Gasteiger partial charge is 0.0376 e. The quantitative estimate of drug-likeness (QED) is 0.530. The van der Waals surface area contributed by atoms with Crippen LogP contribution in [0.5, 0.6) is 0 Å². The maximum absolute atomic E-state index is 3.79. The number of rotatable bonds is 10. The van der Waals surface area contributed by atoms with Gasteiger partial charge in [-0.25, -0.2) is 0 Å². The van der Waals surface area contributed by atoms with E-state index in [0.717, 1.165) is 11.8 Å². The number of unbranched alkanes of at least 4 members (excludes halogenated alkanes) is 2. The molecule has 0 bridgehead atoms. The van der Waals surface area contributed by atoms with E-state index < -0.39 is 0 Å². The summed E-state index contributed by atoms with van der Waals surface area (Å²) in [5, 5.41) is 7.51. The highest BCUT2D eigenvalue weighted by molar-refractivity contribution is 5.60. The molecule has 2 fully saturated rings. The highest BCUT2D eigenvalue weighted by Crippen LogP contribution is 2.36. The summed E-state index contributed by atoms with van der Waals surface area (Å²) in [6, 6.07) is 8.20. The average molecular weight is 315 g/mol. The molecule has 0 aliphatic heterocycles. The Morgan fingerprint density at radius 1 is 0.957 bits per heavy atom. The van der Waals surface area contributed by atoms with E-state index in [1.807, 2.05) is 0 Å². The van der Waals surface area contributed by atoms with Crippen molar-refractivity contribution in [1.29, 1.82) is 0 Å². The van der Waals surface area contributed by atoms with E-state index in [1.54, 1.807) is 0 Å². The third-order valence-electron chi connectivity index (χ3n) is 5.59. The lowest BCUT2D eigenvalue weighted by molar-refractivity contribution is 0.685. The van der Waals surface area contributed by atoms with Crippen molar-refractivity contribution in [2.75, 3.05) is 10.6 Å². The third kappa shape index (κ3) is 4.89. The van der Waals surface area contributed by atoms with Crippen molar-refractivity contribution in [3.8, 4) is 0 Å². The van der Waals surface area contributed by atoms with Crippen LogP contribution < -0.4 is 10.6 Å². The molecule has 23 heavy (non-hydrogen) atoms. The Labute approximate surface area is 142 Å². The molecule has 0 heterocycles. The zero-order valence-corrected chi connectivity index (χ0v) is 15.2. The molecule has 2 unspecified atom stereocenters. The van der Waals surface area contributed by atoms with Gasteiger partial charge >= 0.3 is 0 Å². The van der Waals surface area contributed by atoms with Crippen LogP contribution in [0.25, 0.3) is 0 Å². The van der Waals surface area contributed by atoms with Crippen molar-refractivity contribution in [3.05, 3.63) is 23.8 Å². The SMILES string of the molecule is CCCCCc1cc(NC(C)C2CC2)ccc1NC(C)C1CC1. The van der Waals surface area contributed by atoms with Gasteiger partial charge in [-0.3, -0.25) is 0 Å². The van der Waals surface area contributed by atoms with Crippen LogP contribution in [-0.4, -0.2) is 12.1 Å². The van der Waals surface area contributed by atoms with E-state index in [4.69, 9.17) is 0 Å². The molecule has 3 rings (SSSR count). The summed E-state index contributed by atoms with van der Waals surface area (Å²) in [5.41, 5.74) is 4.17. The van der Waals surface area contributed by atoms with Crippen LogP contribution in [0.3, 0.4) is 0 Å². The van der Waals surface area contributed by atoms with Crippen molar-refractivity contribution < 1.29 is 0 Å². The molecule has 2 aliphatic rings. The van der Waals surface area contributed by atoms with Crippen LogP contribution >= 0.6 is 0 Å². The molecule has 2 atom stereocenters. The molecule has 0 spiro atoms. The Morgan fingerprint density at radius 2 is 1.61 bits per heavy atom. The fourth-order valence-corrected chi connectivity index (χ4v) is 3.53. The molecular formula is C21H34N2. The molecule has 0 amide bonds. The van der Waals surface area contributed by atoms with Crippen LogP contribution in [-0.2, 0) is 6.42 Å². The fraction of sp³-hybridized carbons (Fsp3) is 0.714. The maximum atomic E-state index is 3.79. The zero-order chi connectivity index (χ0) is 16.2. The van der Waals surface area contributed by atoms with E-state index in [2.05, 4.69) is 49.6 Å². The van der Waals surface area contributed by atoms with E-state index in [9.17, 15) is 0 Å². The van der Waals surface area contributed by atoms with Gasteiger partial charge in [0.2, 0.25) is 0 Å². The van der Waals surface area contributed by atoms with Gasteiger partial charge in [-0.15, -0.1) is 0 Å². The van der Waals surface area contributed by atoms with E-state index in [-0.39, 0.29) is 0 Å². The molecule has 2 nitrogen and oxygen atoms in total. The van der Waals surface area contributed by atoms with E-state index >= 15 is 0 Å². The van der Waals surface area contributed by atoms with Crippen molar-refractivity contribution in [1.82, 2.24) is 0 Å². The standard InChI is InChI=1S/C21H34N2/c1-4-5-6-7-19-14-20(22-15(2)17-8-9-17)12-13-21(19)23-16(3)18-10-11-18/h12-18,22-23H,4-11H2,1-3H3. The first-order valence-electron chi connectivity index (χ1n) is 9.83. The minimum atomic E-state index is 0.614. The number of hydrogen-bond acceptors (Lipinski definition) is 2. The Hall–Kier alpha value is -1.18. The molecular weight excluding hydrogens is 280 g/mol. The fourth-order valence-electron chi connectivity index (χ4n) is 3.53. The second-order valence-corrected chi connectivity index (χ2v) is 7.87. The Morgan fingerprint density at radius 3 is 2.22 bits per heavy atom. The number of anilines is 2. The Bertz CT molecular complexity index is 503. The average Bonchev–Trinajstić information content (AvgIpc) is 3.41. The summed E-state index contributed by atoms with van der Waals surface area (Å²) < 4.78 is 0. The minimum Gasteiger partial charge on any atom is -0.382 e. The van der Waals surface area contributed by atoms with Crippen LogP contribution in [0.15, 0.2) is 18.2 Å². The minimum absolute atomic E-state index is 0.614. The van der Waals surface area contributed by atoms with Crippen LogP contribution in [0.4, 0.5) is 11.4 Å². The molecule has 0 aromatic heterocycles. The van der Waals surface area contributed by atoms with Crippen molar-refractivity contribution >= 4 is 11.4 Å². The van der Waals surface area contributed by atoms with Crippen molar-refractivity contribution in [2.24, 2.45) is 11.8 Å². The third-order valence-corrected chi connectivity index (χ3v) is 5.59. The molecule has 2 heteroatoms. The summed E-state index contributed by atoms with van der Waals surface area (Å²) in [7, 11) is 0. The molecule has 1 aromatic carbocycles. The summed E-state index contributed by atoms with van der Waals surface area (Å²) >= 11 is 0. The van der Waals surface area contributed by atoms with E-state index in [0.29, 0.717) is 12.1 Å². The molecule has 2 aliphatic carbocycles. The van der Waals surface area contributed by atoms with E-state index in [1.165, 1.54) is 68.3 Å². The Balaban J connectivity index is 1.67. The predicted octanol–water partition coefficient (Wildman–Crippen LogP) is 5.84. The monoisotopic (exact) mass is 314 g/mol. The number of benzene rings is 1. The number of aryl methyl sites for hydroxylation is 1. The zero-order valence-electron chi connectivity index (χ0n) is 15.2. The predicted molar refractivity (Wildman–Crippen MR) is 101 cm³/mol. The van der Waals surface area contributed by atoms with Crippen molar-refractivity contribution in [3.63, 3.8) is 0 Å². The second kappa shape index (κ2) is 7.59. The van der Waals surface area contributed by atoms with Crippen LogP contribution in [0, 0.1) is 11.8 Å². The highest BCUT2D eigenvalue weighted by atomic mass is 14.9. The second-order valence-electron chi connectivity index (χ2n) is 7.87. The summed E-state index contributed by atoms with van der Waals surface area (Å²) in [5.74, 6) is 1.79. The summed E-state index contributed by atoms with van der Waals surface area (Å²) in [6.45, 7) is 6.95. The molecule has 0 radical (unpaired) electrons. The summed E-state index contributed by atoms with van der Waals surface area (Å²) in [4.78, 5) is 0. The van der Waals surface area contributed by atoms with Gasteiger partial charge in [-0.1, -0.05) is 19.8 Å². The molecule has 0 saturated heterocycles. The topological polar surface area (TPSA) is 24.1 Å². The van der Waals surface area contributed by atoms with Gasteiger partial charge in [0.05, 0.1) is 0 Å². The lowest BCUT2D eigenvalue weighted by Gasteiger charge is -2.20. The lowest BCUT2D eigenvalue weighted by atomic mass is 10.0. The van der Waals surface area contributed by atoms with Gasteiger partial charge in [-0.2, -0.15) is 0 Å². The van der Waals surface area contributed by atoms with Crippen LogP contribution in [0.2, 0.25) is 0 Å². The molecule has 128 valence electrons. The molecule has 2 N–H and O–H groups in total. The van der Waals surface area contributed by atoms with Gasteiger partial charge in [-0.05, 0) is 88.0 Å². The largest absolute Gasteiger partial charge is 0.382 e. The van der Waals surface area contributed by atoms with Gasteiger partial charge in [0.15, 0.2) is 0 Å². The maximum Gasteiger partial charge on any atom is 0.0376 e. The summed E-state index contributed by atoms with van der Waals surface area (Å²) in [6.07, 6.45) is 10.7. The number of nitrogens with one attached hydrogen (secondary N) is 2. The normalized spacial score (nSPS) is 20.1. The molecule has 2 saturated carbocycles. The van der Waals surface area contributed by atoms with Crippen molar-refractivity contribution in [2.45, 2.75) is 84.2 Å². The number of hydrogen-bond donors (Lipinski definition) is 2.